The lowest BCUT2D eigenvalue weighted by molar-refractivity contribution is -0.138. The van der Waals surface area contributed by atoms with Crippen LogP contribution < -0.4 is 10.2 Å². The first-order valence-corrected chi connectivity index (χ1v) is 16.0. The molecular weight excluding hydrogens is 624 g/mol. The highest BCUT2D eigenvalue weighted by Gasteiger charge is 2.42. The highest BCUT2D eigenvalue weighted by Crippen LogP contribution is 2.42. The average Bonchev–Trinajstić information content (AvgIpc) is 3.53. The minimum atomic E-state index is -4.70. The van der Waals surface area contributed by atoms with Crippen molar-refractivity contribution in [2.45, 2.75) is 57.5 Å². The van der Waals surface area contributed by atoms with Gasteiger partial charge in [-0.1, -0.05) is 12.8 Å². The predicted molar refractivity (Wildman–Crippen MR) is 172 cm³/mol. The lowest BCUT2D eigenvalue weighted by Gasteiger charge is -2.19. The van der Waals surface area contributed by atoms with E-state index in [9.17, 15) is 27.6 Å². The molecule has 4 heterocycles. The van der Waals surface area contributed by atoms with Crippen LogP contribution in [0.4, 0.5) is 29.2 Å². The molecule has 13 heteroatoms. The van der Waals surface area contributed by atoms with Gasteiger partial charge in [-0.25, -0.2) is 9.37 Å². The zero-order chi connectivity index (χ0) is 33.8. The standard InChI is InChI=1S/C35H34F4N8O/c1-34(36)8-10-46(19-34)17-23-12-27-28(29(13-23)35(37,38)39)18-47(33(27)48)31-15-24(14-30(43-31)41-9-7-21-3-4-21)26-11-22(16-40)5-6-25(26)32-44-42-20-45(32)2/h5-6,11-15,20-21H,3-4,7-10,17-19H2,1-2H3,(H,41,43). The van der Waals surface area contributed by atoms with Crippen LogP contribution in [0.25, 0.3) is 22.5 Å². The molecule has 1 saturated heterocycles. The zero-order valence-electron chi connectivity index (χ0n) is 26.6. The molecule has 0 radical (unpaired) electrons. The van der Waals surface area contributed by atoms with Gasteiger partial charge in [-0.05, 0) is 90.4 Å². The molecule has 1 saturated carbocycles. The van der Waals surface area contributed by atoms with Gasteiger partial charge in [0.1, 0.15) is 23.6 Å². The van der Waals surface area contributed by atoms with Crippen molar-refractivity contribution in [1.82, 2.24) is 24.6 Å². The highest BCUT2D eigenvalue weighted by atomic mass is 19.4. The van der Waals surface area contributed by atoms with E-state index in [0.29, 0.717) is 64.9 Å². The number of aromatic nitrogens is 4. The number of benzene rings is 2. The van der Waals surface area contributed by atoms with Crippen molar-refractivity contribution < 1.29 is 22.4 Å². The number of fused-ring (bicyclic) bond motifs is 1. The van der Waals surface area contributed by atoms with Crippen LogP contribution in [0.3, 0.4) is 0 Å². The van der Waals surface area contributed by atoms with Crippen LogP contribution in [0.2, 0.25) is 0 Å². The van der Waals surface area contributed by atoms with Gasteiger partial charge < -0.3 is 9.88 Å². The SMILES string of the molecule is Cn1cnnc1-c1ccc(C#N)cc1-c1cc(NCCC2CC2)nc(N2Cc3c(cc(CN4CCC(C)(F)C4)cc3C(F)(F)F)C2=O)c1. The number of aryl methyl sites for hydroxylation is 1. The number of carbonyl (C=O) groups excluding carboxylic acids is 1. The summed E-state index contributed by atoms with van der Waals surface area (Å²) in [7, 11) is 1.80. The zero-order valence-corrected chi connectivity index (χ0v) is 26.6. The minimum absolute atomic E-state index is 0.0382. The Morgan fingerprint density at radius 1 is 1.10 bits per heavy atom. The van der Waals surface area contributed by atoms with Gasteiger partial charge in [0.05, 0.1) is 23.7 Å². The van der Waals surface area contributed by atoms with Gasteiger partial charge >= 0.3 is 6.18 Å². The Morgan fingerprint density at radius 2 is 1.92 bits per heavy atom. The van der Waals surface area contributed by atoms with Crippen molar-refractivity contribution in [3.63, 3.8) is 0 Å². The van der Waals surface area contributed by atoms with Crippen molar-refractivity contribution in [1.29, 1.82) is 5.26 Å². The molecular formula is C35H34F4N8O. The summed E-state index contributed by atoms with van der Waals surface area (Å²) in [6.45, 7) is 2.44. The van der Waals surface area contributed by atoms with Crippen LogP contribution in [0, 0.1) is 17.2 Å². The molecule has 48 heavy (non-hydrogen) atoms. The number of alkyl halides is 4. The second kappa shape index (κ2) is 12.0. The van der Waals surface area contributed by atoms with Gasteiger partial charge in [-0.3, -0.25) is 14.6 Å². The van der Waals surface area contributed by atoms with E-state index in [1.54, 1.807) is 47.1 Å². The second-order valence-corrected chi connectivity index (χ2v) is 13.3. The Bertz CT molecular complexity index is 1940. The third-order valence-electron chi connectivity index (χ3n) is 9.37. The van der Waals surface area contributed by atoms with Gasteiger partial charge in [0.25, 0.3) is 5.91 Å². The third kappa shape index (κ3) is 6.36. The number of nitrogens with one attached hydrogen (secondary N) is 1. The van der Waals surface area contributed by atoms with Gasteiger partial charge in [-0.15, -0.1) is 10.2 Å². The molecule has 2 aromatic heterocycles. The van der Waals surface area contributed by atoms with E-state index in [1.807, 2.05) is 6.07 Å². The number of nitrogens with zero attached hydrogens (tertiary/aromatic N) is 7. The first-order chi connectivity index (χ1) is 22.9. The predicted octanol–water partition coefficient (Wildman–Crippen LogP) is 6.74. The smallest absolute Gasteiger partial charge is 0.370 e. The van der Waals surface area contributed by atoms with Crippen LogP contribution in [0.15, 0.2) is 48.8 Å². The van der Waals surface area contributed by atoms with E-state index in [-0.39, 0.29) is 36.6 Å². The Morgan fingerprint density at radius 3 is 2.58 bits per heavy atom. The molecule has 4 aromatic rings. The van der Waals surface area contributed by atoms with Crippen LogP contribution in [0.5, 0.6) is 0 Å². The van der Waals surface area contributed by atoms with E-state index in [0.717, 1.165) is 12.5 Å². The number of anilines is 2. The molecule has 1 aliphatic carbocycles. The summed E-state index contributed by atoms with van der Waals surface area (Å²) in [5.41, 5.74) is 0.185. The highest BCUT2D eigenvalue weighted by molar-refractivity contribution is 6.10. The fourth-order valence-electron chi connectivity index (χ4n) is 6.69. The summed E-state index contributed by atoms with van der Waals surface area (Å²) >= 11 is 0. The number of hydrogen-bond donors (Lipinski definition) is 1. The first kappa shape index (κ1) is 31.8. The van der Waals surface area contributed by atoms with E-state index in [4.69, 9.17) is 4.98 Å². The third-order valence-corrected chi connectivity index (χ3v) is 9.37. The average molecular weight is 659 g/mol. The first-order valence-electron chi connectivity index (χ1n) is 16.0. The Kier molecular flexibility index (Phi) is 7.94. The van der Waals surface area contributed by atoms with E-state index >= 15 is 0 Å². The van der Waals surface area contributed by atoms with Gasteiger partial charge in [0.2, 0.25) is 0 Å². The molecule has 3 aliphatic rings. The van der Waals surface area contributed by atoms with Gasteiger partial charge in [-0.2, -0.15) is 18.4 Å². The molecule has 7 rings (SSSR count). The van der Waals surface area contributed by atoms with E-state index < -0.39 is 23.3 Å². The largest absolute Gasteiger partial charge is 0.416 e. The van der Waals surface area contributed by atoms with Gasteiger partial charge in [0, 0.05) is 44.4 Å². The molecule has 2 aromatic carbocycles. The van der Waals surface area contributed by atoms with E-state index in [2.05, 4.69) is 21.6 Å². The normalized spacial score (nSPS) is 19.5. The summed E-state index contributed by atoms with van der Waals surface area (Å²) < 4.78 is 59.7. The molecule has 2 fully saturated rings. The maximum absolute atomic E-state index is 14.5. The Balaban J connectivity index is 1.29. The van der Waals surface area contributed by atoms with Crippen molar-refractivity contribution in [3.8, 4) is 28.6 Å². The number of pyridine rings is 1. The number of amides is 1. The maximum Gasteiger partial charge on any atom is 0.416 e. The maximum atomic E-state index is 14.5. The van der Waals surface area contributed by atoms with Crippen LogP contribution in [0.1, 0.15) is 65.2 Å². The molecule has 0 bridgehead atoms. The molecule has 1 unspecified atom stereocenters. The fourth-order valence-corrected chi connectivity index (χ4v) is 6.69. The number of rotatable bonds is 9. The van der Waals surface area contributed by atoms with Crippen molar-refractivity contribution in [3.05, 3.63) is 76.6 Å². The number of carbonyl (C=O) groups is 1. The minimum Gasteiger partial charge on any atom is -0.370 e. The lowest BCUT2D eigenvalue weighted by atomic mass is 9.97. The second-order valence-electron chi connectivity index (χ2n) is 13.3. The topological polar surface area (TPSA) is 103 Å². The van der Waals surface area contributed by atoms with Crippen LogP contribution in [-0.4, -0.2) is 55.9 Å². The number of likely N-dealkylation sites (tertiary alicyclic amines) is 1. The molecule has 0 spiro atoms. The molecule has 1 atom stereocenters. The Hall–Kier alpha value is -4.83. The number of halogens is 4. The van der Waals surface area contributed by atoms with Crippen molar-refractivity contribution in [2.24, 2.45) is 13.0 Å². The lowest BCUT2D eigenvalue weighted by Crippen LogP contribution is -2.26. The molecule has 1 amide bonds. The van der Waals surface area contributed by atoms with Gasteiger partial charge in [0.15, 0.2) is 5.82 Å². The van der Waals surface area contributed by atoms with Crippen molar-refractivity contribution >= 4 is 17.5 Å². The Labute approximate surface area is 275 Å². The monoisotopic (exact) mass is 658 g/mol. The summed E-state index contributed by atoms with van der Waals surface area (Å²) in [5.74, 6) is 1.24. The molecule has 9 nitrogen and oxygen atoms in total. The summed E-state index contributed by atoms with van der Waals surface area (Å²) in [5, 5.41) is 21.3. The summed E-state index contributed by atoms with van der Waals surface area (Å²) in [6, 6.07) is 13.4. The summed E-state index contributed by atoms with van der Waals surface area (Å²) in [4.78, 5) is 21.8. The van der Waals surface area contributed by atoms with Crippen LogP contribution >= 0.6 is 0 Å². The number of nitriles is 1. The quantitative estimate of drug-likeness (QED) is 0.199. The number of hydrogen-bond acceptors (Lipinski definition) is 7. The van der Waals surface area contributed by atoms with E-state index in [1.165, 1.54) is 30.7 Å². The molecule has 248 valence electrons. The van der Waals surface area contributed by atoms with Crippen molar-refractivity contribution in [2.75, 3.05) is 29.9 Å². The molecule has 1 N–H and O–H groups in total. The summed E-state index contributed by atoms with van der Waals surface area (Å²) in [6.07, 6.45) is 0.454. The fraction of sp³-hybridized carbons (Fsp3) is 0.400. The molecule has 2 aliphatic heterocycles. The van der Waals surface area contributed by atoms with Crippen LogP contribution in [-0.2, 0) is 26.3 Å².